The lowest BCUT2D eigenvalue weighted by atomic mass is 10.00. The minimum absolute atomic E-state index is 0.0221. The summed E-state index contributed by atoms with van der Waals surface area (Å²) >= 11 is 0. The van der Waals surface area contributed by atoms with Crippen LogP contribution in [0.15, 0.2) is 121 Å². The molecule has 0 aliphatic carbocycles. The third-order valence-electron chi connectivity index (χ3n) is 11.0. The van der Waals surface area contributed by atoms with E-state index in [1.165, 1.54) is 0 Å². The molecule has 2 aliphatic rings. The monoisotopic (exact) mass is 735 g/mol. The minimum Gasteiger partial charge on any atom is -0.490 e. The van der Waals surface area contributed by atoms with Crippen LogP contribution in [0.1, 0.15) is 73.4 Å². The molecule has 8 heteroatoms. The molecule has 2 aliphatic heterocycles. The van der Waals surface area contributed by atoms with E-state index >= 15 is 0 Å². The SMILES string of the molecule is Cc1ccc(C(=O)N2CCC(Oc3ccc(COc4ccc(-c5ccc(C(=O)N6CCC(N(C)C(=O)c7ccccc7C)CC6)cc5)cc4)cc3)CC2)cc1. The van der Waals surface area contributed by atoms with Crippen LogP contribution in [0.5, 0.6) is 11.5 Å². The van der Waals surface area contributed by atoms with Gasteiger partial charge in [0, 0.05) is 68.8 Å². The average Bonchev–Trinajstić information content (AvgIpc) is 3.23. The first-order valence-electron chi connectivity index (χ1n) is 19.3. The van der Waals surface area contributed by atoms with E-state index in [-0.39, 0.29) is 29.9 Å². The van der Waals surface area contributed by atoms with Crippen LogP contribution in [0.2, 0.25) is 0 Å². The van der Waals surface area contributed by atoms with Crippen LogP contribution in [-0.2, 0) is 6.61 Å². The van der Waals surface area contributed by atoms with E-state index in [1.807, 2.05) is 157 Å². The number of benzene rings is 5. The summed E-state index contributed by atoms with van der Waals surface area (Å²) in [6.45, 7) is 7.03. The molecule has 7 rings (SSSR count). The van der Waals surface area contributed by atoms with Crippen LogP contribution in [0.4, 0.5) is 0 Å². The number of nitrogens with zero attached hydrogens (tertiary/aromatic N) is 3. The number of ether oxygens (including phenoxy) is 2. The predicted molar refractivity (Wildman–Crippen MR) is 216 cm³/mol. The lowest BCUT2D eigenvalue weighted by Crippen LogP contribution is -2.47. The molecule has 0 radical (unpaired) electrons. The van der Waals surface area contributed by atoms with E-state index in [4.69, 9.17) is 9.47 Å². The number of piperidine rings is 2. The summed E-state index contributed by atoms with van der Waals surface area (Å²) in [6.07, 6.45) is 3.20. The fourth-order valence-electron chi connectivity index (χ4n) is 7.44. The second-order valence-electron chi connectivity index (χ2n) is 14.8. The number of hydrogen-bond acceptors (Lipinski definition) is 5. The zero-order valence-corrected chi connectivity index (χ0v) is 31.9. The van der Waals surface area contributed by atoms with E-state index in [2.05, 4.69) is 0 Å². The molecule has 282 valence electrons. The van der Waals surface area contributed by atoms with Crippen molar-refractivity contribution in [2.45, 2.75) is 58.3 Å². The van der Waals surface area contributed by atoms with Crippen LogP contribution in [0.3, 0.4) is 0 Å². The van der Waals surface area contributed by atoms with Gasteiger partial charge in [0.2, 0.25) is 0 Å². The molecule has 0 N–H and O–H groups in total. The maximum absolute atomic E-state index is 13.4. The molecule has 3 amide bonds. The first-order chi connectivity index (χ1) is 26.7. The number of aryl methyl sites for hydroxylation is 2. The third kappa shape index (κ3) is 9.08. The van der Waals surface area contributed by atoms with Crippen molar-refractivity contribution in [2.24, 2.45) is 0 Å². The van der Waals surface area contributed by atoms with E-state index in [1.54, 1.807) is 0 Å². The van der Waals surface area contributed by atoms with E-state index in [9.17, 15) is 14.4 Å². The molecule has 0 aromatic heterocycles. The van der Waals surface area contributed by atoms with Crippen molar-refractivity contribution < 1.29 is 23.9 Å². The highest BCUT2D eigenvalue weighted by Crippen LogP contribution is 2.26. The number of carbonyl (C=O) groups is 3. The molecule has 5 aromatic rings. The Morgan fingerprint density at radius 3 is 1.71 bits per heavy atom. The molecule has 5 aromatic carbocycles. The fourth-order valence-corrected chi connectivity index (χ4v) is 7.44. The van der Waals surface area contributed by atoms with Gasteiger partial charge in [-0.2, -0.15) is 0 Å². The Morgan fingerprint density at radius 1 is 0.618 bits per heavy atom. The molecule has 55 heavy (non-hydrogen) atoms. The number of likely N-dealkylation sites (tertiary alicyclic amines) is 2. The highest BCUT2D eigenvalue weighted by atomic mass is 16.5. The summed E-state index contributed by atoms with van der Waals surface area (Å²) in [5.74, 6) is 1.74. The third-order valence-corrected chi connectivity index (χ3v) is 11.0. The Balaban J connectivity index is 0.840. The smallest absolute Gasteiger partial charge is 0.254 e. The normalized spacial score (nSPS) is 15.0. The number of rotatable bonds is 10. The molecule has 8 nitrogen and oxygen atoms in total. The maximum Gasteiger partial charge on any atom is 0.254 e. The van der Waals surface area contributed by atoms with Crippen molar-refractivity contribution in [2.75, 3.05) is 33.2 Å². The van der Waals surface area contributed by atoms with E-state index in [0.29, 0.717) is 38.3 Å². The molecular weight excluding hydrogens is 687 g/mol. The quantitative estimate of drug-likeness (QED) is 0.144. The standard InChI is InChI=1S/C47H49N3O5/c1-33-8-12-38(13-9-33)45(51)50-30-26-43(27-31-50)55-42-20-10-35(11-21-42)32-54-41-22-18-37(19-23-41)36-14-16-39(17-15-36)46(52)49-28-24-40(25-29-49)48(3)47(53)44-7-5-4-6-34(44)2/h4-23,40,43H,24-32H2,1-3H3. The van der Waals surface area contributed by atoms with E-state index in [0.717, 1.165) is 76.1 Å². The molecule has 0 saturated carbocycles. The predicted octanol–water partition coefficient (Wildman–Crippen LogP) is 8.61. The minimum atomic E-state index is 0.0221. The summed E-state index contributed by atoms with van der Waals surface area (Å²) in [4.78, 5) is 45.0. The summed E-state index contributed by atoms with van der Waals surface area (Å²) in [5, 5.41) is 0. The van der Waals surface area contributed by atoms with E-state index < -0.39 is 0 Å². The molecular formula is C47H49N3O5. The summed E-state index contributed by atoms with van der Waals surface area (Å²) < 4.78 is 12.3. The Labute approximate surface area is 324 Å². The molecule has 2 heterocycles. The lowest BCUT2D eigenvalue weighted by Gasteiger charge is -2.37. The topological polar surface area (TPSA) is 79.4 Å². The second-order valence-corrected chi connectivity index (χ2v) is 14.8. The van der Waals surface area contributed by atoms with Crippen molar-refractivity contribution in [1.82, 2.24) is 14.7 Å². The van der Waals surface area contributed by atoms with Gasteiger partial charge in [-0.15, -0.1) is 0 Å². The van der Waals surface area contributed by atoms with Gasteiger partial charge in [0.15, 0.2) is 0 Å². The summed E-state index contributed by atoms with van der Waals surface area (Å²) in [7, 11) is 1.87. The fraction of sp³-hybridized carbons (Fsp3) is 0.298. The molecule has 0 unspecified atom stereocenters. The van der Waals surface area contributed by atoms with Gasteiger partial charge in [-0.05, 0) is 104 Å². The molecule has 0 spiro atoms. The van der Waals surface area contributed by atoms with Crippen molar-refractivity contribution in [3.63, 3.8) is 0 Å². The average molecular weight is 736 g/mol. The van der Waals surface area contributed by atoms with Gasteiger partial charge in [0.05, 0.1) is 0 Å². The molecule has 0 atom stereocenters. The van der Waals surface area contributed by atoms with Crippen LogP contribution in [0.25, 0.3) is 11.1 Å². The number of hydrogen-bond donors (Lipinski definition) is 0. The highest BCUT2D eigenvalue weighted by Gasteiger charge is 2.29. The van der Waals surface area contributed by atoms with Crippen LogP contribution in [-0.4, -0.2) is 77.8 Å². The van der Waals surface area contributed by atoms with Gasteiger partial charge in [-0.25, -0.2) is 0 Å². The Morgan fingerprint density at radius 2 is 1.13 bits per heavy atom. The molecule has 0 bridgehead atoms. The Kier molecular flexibility index (Phi) is 11.6. The van der Waals surface area contributed by atoms with Gasteiger partial charge in [0.1, 0.15) is 24.2 Å². The van der Waals surface area contributed by atoms with Crippen LogP contribution < -0.4 is 9.47 Å². The first kappa shape index (κ1) is 37.4. The van der Waals surface area contributed by atoms with Crippen molar-refractivity contribution in [3.8, 4) is 22.6 Å². The van der Waals surface area contributed by atoms with Gasteiger partial charge in [-0.3, -0.25) is 14.4 Å². The maximum atomic E-state index is 13.4. The second kappa shape index (κ2) is 17.1. The summed E-state index contributed by atoms with van der Waals surface area (Å²) in [5.41, 5.74) is 7.37. The van der Waals surface area contributed by atoms with Crippen LogP contribution >= 0.6 is 0 Å². The zero-order valence-electron chi connectivity index (χ0n) is 31.9. The van der Waals surface area contributed by atoms with Gasteiger partial charge in [0.25, 0.3) is 17.7 Å². The van der Waals surface area contributed by atoms with Crippen molar-refractivity contribution >= 4 is 17.7 Å². The molecule has 2 fully saturated rings. The van der Waals surface area contributed by atoms with Gasteiger partial charge >= 0.3 is 0 Å². The zero-order chi connectivity index (χ0) is 38.3. The number of carbonyl (C=O) groups excluding carboxylic acids is 3. The van der Waals surface area contributed by atoms with Crippen molar-refractivity contribution in [3.05, 3.63) is 155 Å². The first-order valence-corrected chi connectivity index (χ1v) is 19.3. The highest BCUT2D eigenvalue weighted by molar-refractivity contribution is 5.96. The van der Waals surface area contributed by atoms with Crippen molar-refractivity contribution in [1.29, 1.82) is 0 Å². The van der Waals surface area contributed by atoms with Gasteiger partial charge in [-0.1, -0.05) is 72.3 Å². The van der Waals surface area contributed by atoms with Gasteiger partial charge < -0.3 is 24.2 Å². The largest absolute Gasteiger partial charge is 0.490 e. The van der Waals surface area contributed by atoms with Crippen LogP contribution in [0, 0.1) is 13.8 Å². The summed E-state index contributed by atoms with van der Waals surface area (Å²) in [6, 6.07) is 39.3. The number of amides is 3. The Bertz CT molecular complexity index is 2080. The molecule has 2 saturated heterocycles. The Hall–Kier alpha value is -5.89. The lowest BCUT2D eigenvalue weighted by molar-refractivity contribution is 0.0565.